The van der Waals surface area contributed by atoms with E-state index in [0.29, 0.717) is 18.1 Å². The van der Waals surface area contributed by atoms with Crippen molar-refractivity contribution in [3.05, 3.63) is 59.7 Å². The van der Waals surface area contributed by atoms with Crippen molar-refractivity contribution in [3.63, 3.8) is 0 Å². The van der Waals surface area contributed by atoms with E-state index in [1.807, 2.05) is 35.2 Å². The Kier molecular flexibility index (Phi) is 9.43. The molecule has 0 aliphatic carbocycles. The first-order valence-corrected chi connectivity index (χ1v) is 13.2. The molecule has 1 amide bonds. The van der Waals surface area contributed by atoms with Gasteiger partial charge in [0.2, 0.25) is 0 Å². The van der Waals surface area contributed by atoms with Crippen LogP contribution >= 0.6 is 0 Å². The number of amides is 1. The second-order valence-electron chi connectivity index (χ2n) is 9.68. The van der Waals surface area contributed by atoms with Crippen molar-refractivity contribution in [2.45, 2.75) is 51.7 Å². The number of benzene rings is 2. The van der Waals surface area contributed by atoms with Crippen LogP contribution in [0.25, 0.3) is 0 Å². The molecular weight excluding hydrogens is 440 g/mol. The van der Waals surface area contributed by atoms with Gasteiger partial charge in [0.05, 0.1) is 12.7 Å². The molecule has 4 rings (SSSR count). The van der Waals surface area contributed by atoms with E-state index in [1.165, 1.54) is 5.56 Å². The SMILES string of the molecule is CCCOc1ccccc1CN1CCCC[C@@H]2CN(CC[C@@H]2OC)C(=O)c2cccc(c2)OCC1. The predicted octanol–water partition coefficient (Wildman–Crippen LogP) is 5.02. The smallest absolute Gasteiger partial charge is 0.254 e. The fraction of sp³-hybridized carbons (Fsp3) is 0.552. The maximum atomic E-state index is 13.2. The van der Waals surface area contributed by atoms with Crippen LogP contribution in [0.2, 0.25) is 0 Å². The highest BCUT2D eigenvalue weighted by Gasteiger charge is 2.31. The minimum atomic E-state index is 0.0928. The first-order chi connectivity index (χ1) is 17.2. The van der Waals surface area contributed by atoms with Crippen molar-refractivity contribution in [2.24, 2.45) is 5.92 Å². The zero-order valence-electron chi connectivity index (χ0n) is 21.3. The zero-order valence-corrected chi connectivity index (χ0v) is 21.3. The molecule has 190 valence electrons. The topological polar surface area (TPSA) is 51.2 Å². The molecule has 6 heteroatoms. The average Bonchev–Trinajstić information content (AvgIpc) is 2.89. The molecule has 1 saturated heterocycles. The molecule has 2 aromatic carbocycles. The molecule has 2 aliphatic rings. The summed E-state index contributed by atoms with van der Waals surface area (Å²) in [5, 5.41) is 0. The number of fused-ring (bicyclic) bond motifs is 4. The highest BCUT2D eigenvalue weighted by atomic mass is 16.5. The van der Waals surface area contributed by atoms with Crippen molar-refractivity contribution in [1.29, 1.82) is 0 Å². The van der Waals surface area contributed by atoms with Crippen LogP contribution < -0.4 is 9.47 Å². The first kappa shape index (κ1) is 25.5. The number of nitrogens with zero attached hydrogens (tertiary/aromatic N) is 2. The summed E-state index contributed by atoms with van der Waals surface area (Å²) in [5.41, 5.74) is 1.92. The van der Waals surface area contributed by atoms with Crippen molar-refractivity contribution >= 4 is 5.91 Å². The number of para-hydroxylation sites is 1. The number of piperidine rings is 1. The van der Waals surface area contributed by atoms with E-state index in [4.69, 9.17) is 14.2 Å². The maximum absolute atomic E-state index is 13.2. The molecule has 0 radical (unpaired) electrons. The lowest BCUT2D eigenvalue weighted by molar-refractivity contribution is -0.00677. The summed E-state index contributed by atoms with van der Waals surface area (Å²) in [7, 11) is 1.80. The van der Waals surface area contributed by atoms with Gasteiger partial charge in [-0.25, -0.2) is 0 Å². The molecule has 6 nitrogen and oxygen atoms in total. The van der Waals surface area contributed by atoms with Gasteiger partial charge in [0, 0.05) is 50.3 Å². The summed E-state index contributed by atoms with van der Waals surface area (Å²) in [6, 6.07) is 16.0. The van der Waals surface area contributed by atoms with Gasteiger partial charge in [-0.1, -0.05) is 37.6 Å². The molecule has 1 fully saturated rings. The molecule has 0 unspecified atom stereocenters. The summed E-state index contributed by atoms with van der Waals surface area (Å²) >= 11 is 0. The van der Waals surface area contributed by atoms with E-state index < -0.39 is 0 Å². The normalized spacial score (nSPS) is 22.1. The van der Waals surface area contributed by atoms with Crippen LogP contribution in [0.5, 0.6) is 11.5 Å². The van der Waals surface area contributed by atoms with Crippen LogP contribution in [0.1, 0.15) is 54.9 Å². The standard InChI is InChI=1S/C29H40N2O4/c1-3-18-35-28-13-5-4-9-24(28)21-30-15-7-6-10-25-22-31(16-14-27(25)33-2)29(32)23-11-8-12-26(20-23)34-19-17-30/h4-5,8-9,11-13,20,25,27H,3,6-7,10,14-19,21-22H2,1-2H3/t25-,27+/m1/s1. The van der Waals surface area contributed by atoms with E-state index in [-0.39, 0.29) is 12.0 Å². The highest BCUT2D eigenvalue weighted by Crippen LogP contribution is 2.27. The van der Waals surface area contributed by atoms with E-state index >= 15 is 0 Å². The Morgan fingerprint density at radius 1 is 1.03 bits per heavy atom. The third-order valence-electron chi connectivity index (χ3n) is 7.14. The molecule has 0 N–H and O–H groups in total. The number of rotatable bonds is 6. The monoisotopic (exact) mass is 480 g/mol. The fourth-order valence-electron chi connectivity index (χ4n) is 5.22. The second-order valence-corrected chi connectivity index (χ2v) is 9.68. The Labute approximate surface area is 210 Å². The fourth-order valence-corrected chi connectivity index (χ4v) is 5.22. The van der Waals surface area contributed by atoms with Crippen LogP contribution in [-0.4, -0.2) is 68.3 Å². The quantitative estimate of drug-likeness (QED) is 0.581. The lowest BCUT2D eigenvalue weighted by Crippen LogP contribution is -2.46. The van der Waals surface area contributed by atoms with Gasteiger partial charge in [-0.05, 0) is 56.5 Å². The highest BCUT2D eigenvalue weighted by molar-refractivity contribution is 5.94. The number of ether oxygens (including phenoxy) is 3. The predicted molar refractivity (Wildman–Crippen MR) is 138 cm³/mol. The van der Waals surface area contributed by atoms with Gasteiger partial charge in [0.25, 0.3) is 5.91 Å². The van der Waals surface area contributed by atoms with Crippen molar-refractivity contribution in [2.75, 3.05) is 46.5 Å². The Bertz CT molecular complexity index is 950. The second kappa shape index (κ2) is 12.9. The van der Waals surface area contributed by atoms with Crippen molar-refractivity contribution in [3.8, 4) is 11.5 Å². The Morgan fingerprint density at radius 2 is 1.91 bits per heavy atom. The maximum Gasteiger partial charge on any atom is 0.254 e. The Balaban J connectivity index is 1.50. The summed E-state index contributed by atoms with van der Waals surface area (Å²) in [6.45, 7) is 7.59. The lowest BCUT2D eigenvalue weighted by atomic mass is 9.89. The van der Waals surface area contributed by atoms with Crippen LogP contribution in [0, 0.1) is 5.92 Å². The van der Waals surface area contributed by atoms with E-state index in [0.717, 1.165) is 82.9 Å². The average molecular weight is 481 g/mol. The largest absolute Gasteiger partial charge is 0.493 e. The summed E-state index contributed by atoms with van der Waals surface area (Å²) in [5.74, 6) is 2.19. The van der Waals surface area contributed by atoms with E-state index in [2.05, 4.69) is 30.0 Å². The summed E-state index contributed by atoms with van der Waals surface area (Å²) < 4.78 is 17.9. The third kappa shape index (κ3) is 6.98. The van der Waals surface area contributed by atoms with Gasteiger partial charge >= 0.3 is 0 Å². The molecule has 2 heterocycles. The third-order valence-corrected chi connectivity index (χ3v) is 7.14. The molecule has 2 aliphatic heterocycles. The van der Waals surface area contributed by atoms with Gasteiger partial charge in [-0.2, -0.15) is 0 Å². The summed E-state index contributed by atoms with van der Waals surface area (Å²) in [6.07, 6.45) is 5.41. The number of methoxy groups -OCH3 is 1. The number of carbonyl (C=O) groups excluding carboxylic acids is 1. The molecule has 2 aromatic rings. The molecule has 0 saturated carbocycles. The molecule has 35 heavy (non-hydrogen) atoms. The van der Waals surface area contributed by atoms with Crippen LogP contribution in [0.15, 0.2) is 48.5 Å². The lowest BCUT2D eigenvalue weighted by Gasteiger charge is -2.38. The zero-order chi connectivity index (χ0) is 24.5. The van der Waals surface area contributed by atoms with Gasteiger partial charge in [0.1, 0.15) is 18.1 Å². The van der Waals surface area contributed by atoms with Gasteiger partial charge in [0.15, 0.2) is 0 Å². The number of carbonyl (C=O) groups is 1. The number of hydrogen-bond donors (Lipinski definition) is 0. The molecule has 0 spiro atoms. The molecule has 2 atom stereocenters. The van der Waals surface area contributed by atoms with Crippen LogP contribution in [-0.2, 0) is 11.3 Å². The number of hydrogen-bond acceptors (Lipinski definition) is 5. The van der Waals surface area contributed by atoms with Crippen molar-refractivity contribution in [1.82, 2.24) is 9.80 Å². The molecule has 0 aromatic heterocycles. The first-order valence-electron chi connectivity index (χ1n) is 13.2. The Morgan fingerprint density at radius 3 is 2.77 bits per heavy atom. The van der Waals surface area contributed by atoms with Crippen molar-refractivity contribution < 1.29 is 19.0 Å². The van der Waals surface area contributed by atoms with Crippen LogP contribution in [0.4, 0.5) is 0 Å². The van der Waals surface area contributed by atoms with Gasteiger partial charge in [-0.3, -0.25) is 9.69 Å². The van der Waals surface area contributed by atoms with E-state index in [9.17, 15) is 4.79 Å². The van der Waals surface area contributed by atoms with Gasteiger partial charge < -0.3 is 19.1 Å². The molecule has 4 bridgehead atoms. The molecular formula is C29H40N2O4. The van der Waals surface area contributed by atoms with Crippen LogP contribution in [0.3, 0.4) is 0 Å². The minimum Gasteiger partial charge on any atom is -0.493 e. The Hall–Kier alpha value is -2.57. The summed E-state index contributed by atoms with van der Waals surface area (Å²) in [4.78, 5) is 17.7. The minimum absolute atomic E-state index is 0.0928. The van der Waals surface area contributed by atoms with Gasteiger partial charge in [-0.15, -0.1) is 0 Å². The van der Waals surface area contributed by atoms with E-state index in [1.54, 1.807) is 7.11 Å².